The molecule has 2 heterocycles. The monoisotopic (exact) mass is 261 g/mol. The van der Waals surface area contributed by atoms with E-state index in [0.29, 0.717) is 11.9 Å². The summed E-state index contributed by atoms with van der Waals surface area (Å²) in [7, 11) is 0. The summed E-state index contributed by atoms with van der Waals surface area (Å²) in [6.45, 7) is 6.96. The Balaban J connectivity index is 2.43. The predicted molar refractivity (Wildman–Crippen MR) is 76.9 cm³/mol. The highest BCUT2D eigenvalue weighted by atomic mass is 15.3. The van der Waals surface area contributed by atoms with Crippen LogP contribution in [0.5, 0.6) is 0 Å². The van der Waals surface area contributed by atoms with Gasteiger partial charge in [0.2, 0.25) is 5.95 Å². The molecule has 19 heavy (non-hydrogen) atoms. The predicted octanol–water partition coefficient (Wildman–Crippen LogP) is 1.70. The van der Waals surface area contributed by atoms with Crippen molar-refractivity contribution >= 4 is 17.5 Å². The van der Waals surface area contributed by atoms with E-state index < -0.39 is 0 Å². The Bertz CT molecular complexity index is 547. The van der Waals surface area contributed by atoms with Crippen LogP contribution in [0.1, 0.15) is 20.8 Å². The van der Waals surface area contributed by atoms with Crippen LogP contribution in [0, 0.1) is 0 Å². The lowest BCUT2D eigenvalue weighted by molar-refractivity contribution is 0.897. The lowest BCUT2D eigenvalue weighted by Crippen LogP contribution is -2.11. The van der Waals surface area contributed by atoms with Crippen LogP contribution < -0.4 is 16.4 Å². The number of rotatable bonds is 5. The zero-order valence-corrected chi connectivity index (χ0v) is 11.4. The van der Waals surface area contributed by atoms with E-state index in [-0.39, 0.29) is 5.95 Å². The molecule has 0 bridgehead atoms. The lowest BCUT2D eigenvalue weighted by Gasteiger charge is -2.14. The van der Waals surface area contributed by atoms with E-state index in [9.17, 15) is 0 Å². The molecule has 7 heteroatoms. The standard InChI is InChI=1S/C12H19N7/c1-4-14-10-5-8(11-17-12(13)19-18-11)9(6-15-10)16-7(2)3/h5-7,16H,4H2,1-3H3,(H,14,15)(H3,13,17,18,19). The molecule has 102 valence electrons. The molecule has 5 N–H and O–H groups in total. The Labute approximate surface area is 112 Å². The molecule has 0 aliphatic heterocycles. The third-order valence-electron chi connectivity index (χ3n) is 2.46. The Hall–Kier alpha value is -2.31. The number of pyridine rings is 1. The van der Waals surface area contributed by atoms with Crippen LogP contribution >= 0.6 is 0 Å². The van der Waals surface area contributed by atoms with E-state index in [0.717, 1.165) is 23.6 Å². The van der Waals surface area contributed by atoms with Gasteiger partial charge in [-0.15, -0.1) is 5.10 Å². The molecule has 2 aromatic heterocycles. The van der Waals surface area contributed by atoms with Gasteiger partial charge in [-0.25, -0.2) is 4.98 Å². The van der Waals surface area contributed by atoms with Crippen molar-refractivity contribution in [1.82, 2.24) is 20.2 Å². The smallest absolute Gasteiger partial charge is 0.239 e. The molecule has 7 nitrogen and oxygen atoms in total. The van der Waals surface area contributed by atoms with Crippen LogP contribution in [0.2, 0.25) is 0 Å². The van der Waals surface area contributed by atoms with Crippen molar-refractivity contribution in [2.75, 3.05) is 22.9 Å². The summed E-state index contributed by atoms with van der Waals surface area (Å²) in [6.07, 6.45) is 1.78. The Kier molecular flexibility index (Phi) is 3.84. The average Bonchev–Trinajstić information content (AvgIpc) is 2.77. The summed E-state index contributed by atoms with van der Waals surface area (Å²) >= 11 is 0. The molecule has 2 aromatic rings. The molecular weight excluding hydrogens is 242 g/mol. The highest BCUT2D eigenvalue weighted by Gasteiger charge is 2.12. The van der Waals surface area contributed by atoms with Crippen LogP contribution in [0.3, 0.4) is 0 Å². The first kappa shape index (κ1) is 13.1. The van der Waals surface area contributed by atoms with Gasteiger partial charge in [-0.3, -0.25) is 5.10 Å². The van der Waals surface area contributed by atoms with Crippen molar-refractivity contribution in [3.63, 3.8) is 0 Å². The second-order valence-corrected chi connectivity index (χ2v) is 4.49. The van der Waals surface area contributed by atoms with Gasteiger partial charge in [0.05, 0.1) is 11.9 Å². The lowest BCUT2D eigenvalue weighted by atomic mass is 10.2. The summed E-state index contributed by atoms with van der Waals surface area (Å²) in [5.41, 5.74) is 7.35. The number of nitrogen functional groups attached to an aromatic ring is 1. The van der Waals surface area contributed by atoms with E-state index in [4.69, 9.17) is 5.73 Å². The van der Waals surface area contributed by atoms with E-state index in [2.05, 4.69) is 44.6 Å². The molecule has 0 spiro atoms. The Morgan fingerprint density at radius 2 is 2.21 bits per heavy atom. The molecular formula is C12H19N7. The van der Waals surface area contributed by atoms with Gasteiger partial charge in [-0.05, 0) is 26.8 Å². The number of anilines is 3. The number of hydrogen-bond acceptors (Lipinski definition) is 6. The normalized spacial score (nSPS) is 10.7. The van der Waals surface area contributed by atoms with Gasteiger partial charge in [-0.2, -0.15) is 4.98 Å². The largest absolute Gasteiger partial charge is 0.381 e. The summed E-state index contributed by atoms with van der Waals surface area (Å²) < 4.78 is 0. The topological polar surface area (TPSA) is 105 Å². The zero-order valence-electron chi connectivity index (χ0n) is 11.4. The van der Waals surface area contributed by atoms with Crippen LogP contribution in [-0.4, -0.2) is 32.8 Å². The number of aromatic amines is 1. The second kappa shape index (κ2) is 5.55. The van der Waals surface area contributed by atoms with Gasteiger partial charge in [0.15, 0.2) is 5.82 Å². The van der Waals surface area contributed by atoms with Crippen LogP contribution in [-0.2, 0) is 0 Å². The van der Waals surface area contributed by atoms with Gasteiger partial charge in [0.1, 0.15) is 5.82 Å². The summed E-state index contributed by atoms with van der Waals surface area (Å²) in [5, 5.41) is 13.2. The fraction of sp³-hybridized carbons (Fsp3) is 0.417. The molecule has 0 saturated carbocycles. The van der Waals surface area contributed by atoms with Crippen LogP contribution in [0.25, 0.3) is 11.4 Å². The highest BCUT2D eigenvalue weighted by Crippen LogP contribution is 2.27. The average molecular weight is 261 g/mol. The van der Waals surface area contributed by atoms with Gasteiger partial charge >= 0.3 is 0 Å². The third kappa shape index (κ3) is 3.12. The maximum absolute atomic E-state index is 5.56. The van der Waals surface area contributed by atoms with Crippen molar-refractivity contribution in [2.45, 2.75) is 26.8 Å². The van der Waals surface area contributed by atoms with Crippen molar-refractivity contribution in [2.24, 2.45) is 0 Å². The van der Waals surface area contributed by atoms with E-state index in [1.54, 1.807) is 6.20 Å². The SMILES string of the molecule is CCNc1cc(-c2nc(N)n[nH]2)c(NC(C)C)cn1. The quantitative estimate of drug-likeness (QED) is 0.653. The number of aromatic nitrogens is 4. The number of nitrogens with two attached hydrogens (primary N) is 1. The van der Waals surface area contributed by atoms with E-state index in [1.165, 1.54) is 0 Å². The molecule has 0 radical (unpaired) electrons. The maximum atomic E-state index is 5.56. The molecule has 0 aliphatic rings. The molecule has 0 atom stereocenters. The minimum absolute atomic E-state index is 0.229. The molecule has 0 fully saturated rings. The van der Waals surface area contributed by atoms with Crippen molar-refractivity contribution in [3.8, 4) is 11.4 Å². The van der Waals surface area contributed by atoms with Gasteiger partial charge in [-0.1, -0.05) is 0 Å². The molecule has 0 saturated heterocycles. The van der Waals surface area contributed by atoms with Crippen LogP contribution in [0.15, 0.2) is 12.3 Å². The molecule has 2 rings (SSSR count). The highest BCUT2D eigenvalue weighted by molar-refractivity contribution is 5.75. The number of nitrogens with zero attached hydrogens (tertiary/aromatic N) is 3. The van der Waals surface area contributed by atoms with Gasteiger partial charge in [0, 0.05) is 18.2 Å². The number of H-pyrrole nitrogens is 1. The number of hydrogen-bond donors (Lipinski definition) is 4. The fourth-order valence-corrected chi connectivity index (χ4v) is 1.75. The maximum Gasteiger partial charge on any atom is 0.239 e. The second-order valence-electron chi connectivity index (χ2n) is 4.49. The minimum atomic E-state index is 0.229. The van der Waals surface area contributed by atoms with Gasteiger partial charge in [0.25, 0.3) is 0 Å². The first-order valence-electron chi connectivity index (χ1n) is 6.28. The van der Waals surface area contributed by atoms with Crippen molar-refractivity contribution < 1.29 is 0 Å². The minimum Gasteiger partial charge on any atom is -0.381 e. The summed E-state index contributed by atoms with van der Waals surface area (Å²) in [6, 6.07) is 2.22. The third-order valence-corrected chi connectivity index (χ3v) is 2.46. The van der Waals surface area contributed by atoms with Crippen molar-refractivity contribution in [3.05, 3.63) is 12.3 Å². The Morgan fingerprint density at radius 1 is 1.42 bits per heavy atom. The Morgan fingerprint density at radius 3 is 2.79 bits per heavy atom. The van der Waals surface area contributed by atoms with E-state index >= 15 is 0 Å². The first-order chi connectivity index (χ1) is 9.10. The first-order valence-corrected chi connectivity index (χ1v) is 6.28. The molecule has 0 amide bonds. The van der Waals surface area contributed by atoms with E-state index in [1.807, 2.05) is 13.0 Å². The molecule has 0 aliphatic carbocycles. The zero-order chi connectivity index (χ0) is 13.8. The van der Waals surface area contributed by atoms with Crippen molar-refractivity contribution in [1.29, 1.82) is 0 Å². The number of nitrogens with one attached hydrogen (secondary N) is 3. The summed E-state index contributed by atoms with van der Waals surface area (Å²) in [4.78, 5) is 8.51. The van der Waals surface area contributed by atoms with Gasteiger partial charge < -0.3 is 16.4 Å². The molecule has 0 unspecified atom stereocenters. The summed E-state index contributed by atoms with van der Waals surface area (Å²) in [5.74, 6) is 1.65. The molecule has 0 aromatic carbocycles. The van der Waals surface area contributed by atoms with Crippen LogP contribution in [0.4, 0.5) is 17.5 Å². The fourth-order valence-electron chi connectivity index (χ4n) is 1.75.